The van der Waals surface area contributed by atoms with E-state index in [1.807, 2.05) is 30.3 Å². The van der Waals surface area contributed by atoms with Crippen molar-refractivity contribution in [2.45, 2.75) is 0 Å². The van der Waals surface area contributed by atoms with E-state index < -0.39 is 0 Å². The molecule has 0 N–H and O–H groups in total. The molecule has 0 spiro atoms. The van der Waals surface area contributed by atoms with E-state index >= 15 is 0 Å². The Morgan fingerprint density at radius 1 is 0.438 bits per heavy atom. The maximum absolute atomic E-state index is 6.45. The average Bonchev–Trinajstić information content (AvgIpc) is 3.24. The van der Waals surface area contributed by atoms with Crippen LogP contribution >= 0.6 is 11.6 Å². The lowest BCUT2D eigenvalue weighted by Gasteiger charge is -2.07. The van der Waals surface area contributed by atoms with Gasteiger partial charge in [-0.05, 0) is 57.6 Å². The molecule has 5 aromatic carbocycles. The van der Waals surface area contributed by atoms with E-state index in [2.05, 4.69) is 84.9 Å². The molecule has 0 atom stereocenters. The van der Waals surface area contributed by atoms with E-state index in [0.29, 0.717) is 5.02 Å². The van der Waals surface area contributed by atoms with E-state index in [1.165, 1.54) is 22.3 Å². The van der Waals surface area contributed by atoms with Crippen molar-refractivity contribution in [3.63, 3.8) is 0 Å². The van der Waals surface area contributed by atoms with Crippen LogP contribution < -0.4 is 0 Å². The van der Waals surface area contributed by atoms with Gasteiger partial charge in [0.2, 0.25) is 0 Å². The third kappa shape index (κ3) is 3.28. The first kappa shape index (κ1) is 18.9. The summed E-state index contributed by atoms with van der Waals surface area (Å²) in [4.78, 5) is 0. The minimum Gasteiger partial charge on any atom is -0.456 e. The Bertz CT molecular complexity index is 1540. The van der Waals surface area contributed by atoms with Crippen LogP contribution in [0.25, 0.3) is 55.3 Å². The summed E-state index contributed by atoms with van der Waals surface area (Å²) in [6, 6.07) is 39.9. The number of furan rings is 1. The zero-order valence-corrected chi connectivity index (χ0v) is 18.0. The lowest BCUT2D eigenvalue weighted by molar-refractivity contribution is 0.669. The number of benzene rings is 5. The van der Waals surface area contributed by atoms with Crippen LogP contribution in [0.15, 0.2) is 120 Å². The molecule has 1 nitrogen and oxygen atoms in total. The predicted molar refractivity (Wildman–Crippen MR) is 135 cm³/mol. The van der Waals surface area contributed by atoms with E-state index in [4.69, 9.17) is 16.0 Å². The van der Waals surface area contributed by atoms with Gasteiger partial charge in [-0.1, -0.05) is 103 Å². The molecule has 152 valence electrons. The van der Waals surface area contributed by atoms with Gasteiger partial charge in [-0.25, -0.2) is 0 Å². The molecule has 0 aliphatic carbocycles. The minimum absolute atomic E-state index is 0.715. The highest BCUT2D eigenvalue weighted by Crippen LogP contribution is 2.36. The predicted octanol–water partition coefficient (Wildman–Crippen LogP) is 9.24. The molecular formula is C30H19ClO. The monoisotopic (exact) mass is 430 g/mol. The Morgan fingerprint density at radius 3 is 1.59 bits per heavy atom. The van der Waals surface area contributed by atoms with Crippen LogP contribution in [0.4, 0.5) is 0 Å². The SMILES string of the molecule is Clc1cccc2oc3ccc(-c4ccc(-c5ccc(-c6ccccc6)cc5)cc4)cc3c12. The summed E-state index contributed by atoms with van der Waals surface area (Å²) in [7, 11) is 0. The number of halogens is 1. The van der Waals surface area contributed by atoms with Gasteiger partial charge in [-0.2, -0.15) is 0 Å². The minimum atomic E-state index is 0.715. The van der Waals surface area contributed by atoms with Crippen molar-refractivity contribution in [2.24, 2.45) is 0 Å². The maximum Gasteiger partial charge on any atom is 0.136 e. The van der Waals surface area contributed by atoms with Crippen molar-refractivity contribution in [1.82, 2.24) is 0 Å². The van der Waals surface area contributed by atoms with E-state index in [0.717, 1.165) is 33.1 Å². The fraction of sp³-hybridized carbons (Fsp3) is 0. The average molecular weight is 431 g/mol. The van der Waals surface area contributed by atoms with Gasteiger partial charge in [-0.15, -0.1) is 0 Å². The third-order valence-electron chi connectivity index (χ3n) is 5.99. The first-order valence-electron chi connectivity index (χ1n) is 10.6. The fourth-order valence-corrected chi connectivity index (χ4v) is 4.57. The van der Waals surface area contributed by atoms with Crippen LogP contribution in [0.2, 0.25) is 5.02 Å². The van der Waals surface area contributed by atoms with Crippen LogP contribution in [-0.2, 0) is 0 Å². The normalized spacial score (nSPS) is 11.3. The smallest absolute Gasteiger partial charge is 0.136 e. The maximum atomic E-state index is 6.45. The zero-order chi connectivity index (χ0) is 21.5. The van der Waals surface area contributed by atoms with Gasteiger partial charge in [0, 0.05) is 10.8 Å². The Labute approximate surface area is 191 Å². The van der Waals surface area contributed by atoms with Gasteiger partial charge < -0.3 is 4.42 Å². The summed E-state index contributed by atoms with van der Waals surface area (Å²) in [5.41, 5.74) is 8.85. The molecule has 0 fully saturated rings. The molecule has 0 unspecified atom stereocenters. The summed E-state index contributed by atoms with van der Waals surface area (Å²) < 4.78 is 5.96. The van der Waals surface area contributed by atoms with Gasteiger partial charge in [0.05, 0.1) is 5.02 Å². The molecule has 0 radical (unpaired) electrons. The summed E-state index contributed by atoms with van der Waals surface area (Å²) in [5.74, 6) is 0. The number of hydrogen-bond acceptors (Lipinski definition) is 1. The molecular weight excluding hydrogens is 412 g/mol. The molecule has 6 rings (SSSR count). The molecule has 1 heterocycles. The molecule has 0 saturated carbocycles. The second-order valence-electron chi connectivity index (χ2n) is 7.95. The molecule has 0 bridgehead atoms. The van der Waals surface area contributed by atoms with E-state index in [-0.39, 0.29) is 0 Å². The lowest BCUT2D eigenvalue weighted by atomic mass is 9.97. The molecule has 0 amide bonds. The molecule has 0 aliphatic rings. The largest absolute Gasteiger partial charge is 0.456 e. The van der Waals surface area contributed by atoms with Crippen molar-refractivity contribution >= 4 is 33.5 Å². The van der Waals surface area contributed by atoms with Crippen LogP contribution in [0.1, 0.15) is 0 Å². The Balaban J connectivity index is 1.33. The number of hydrogen-bond donors (Lipinski definition) is 0. The summed E-state index contributed by atoms with van der Waals surface area (Å²) in [6.07, 6.45) is 0. The quantitative estimate of drug-likeness (QED) is 0.272. The van der Waals surface area contributed by atoms with Crippen molar-refractivity contribution in [2.75, 3.05) is 0 Å². The molecule has 2 heteroatoms. The fourth-order valence-electron chi connectivity index (χ4n) is 4.30. The highest BCUT2D eigenvalue weighted by molar-refractivity contribution is 6.37. The van der Waals surface area contributed by atoms with Crippen LogP contribution in [0.3, 0.4) is 0 Å². The van der Waals surface area contributed by atoms with E-state index in [9.17, 15) is 0 Å². The highest BCUT2D eigenvalue weighted by atomic mass is 35.5. The van der Waals surface area contributed by atoms with Crippen molar-refractivity contribution in [3.8, 4) is 33.4 Å². The summed E-state index contributed by atoms with van der Waals surface area (Å²) in [6.45, 7) is 0. The molecule has 6 aromatic rings. The summed E-state index contributed by atoms with van der Waals surface area (Å²) >= 11 is 6.45. The zero-order valence-electron chi connectivity index (χ0n) is 17.3. The van der Waals surface area contributed by atoms with Crippen LogP contribution in [-0.4, -0.2) is 0 Å². The number of rotatable bonds is 3. The molecule has 0 aliphatic heterocycles. The van der Waals surface area contributed by atoms with Gasteiger partial charge in [0.25, 0.3) is 0 Å². The van der Waals surface area contributed by atoms with Gasteiger partial charge in [0.15, 0.2) is 0 Å². The number of fused-ring (bicyclic) bond motifs is 3. The van der Waals surface area contributed by atoms with Crippen LogP contribution in [0.5, 0.6) is 0 Å². The van der Waals surface area contributed by atoms with Crippen LogP contribution in [0, 0.1) is 0 Å². The third-order valence-corrected chi connectivity index (χ3v) is 6.30. The summed E-state index contributed by atoms with van der Waals surface area (Å²) in [5, 5.41) is 2.73. The van der Waals surface area contributed by atoms with Crippen molar-refractivity contribution in [1.29, 1.82) is 0 Å². The topological polar surface area (TPSA) is 13.1 Å². The molecule has 32 heavy (non-hydrogen) atoms. The second kappa shape index (κ2) is 7.71. The van der Waals surface area contributed by atoms with E-state index in [1.54, 1.807) is 0 Å². The highest BCUT2D eigenvalue weighted by Gasteiger charge is 2.11. The molecule has 1 aromatic heterocycles. The Kier molecular flexibility index (Phi) is 4.56. The van der Waals surface area contributed by atoms with Gasteiger partial charge >= 0.3 is 0 Å². The Hall–Kier alpha value is -3.81. The lowest BCUT2D eigenvalue weighted by Crippen LogP contribution is -1.82. The standard InChI is InChI=1S/C30H19ClO/c31-27-7-4-8-29-30(27)26-19-25(17-18-28(26)32-29)24-15-13-23(14-16-24)22-11-9-21(10-12-22)20-5-2-1-3-6-20/h1-19H. The first-order chi connectivity index (χ1) is 15.8. The molecule has 0 saturated heterocycles. The van der Waals surface area contributed by atoms with Crippen molar-refractivity contribution in [3.05, 3.63) is 120 Å². The first-order valence-corrected chi connectivity index (χ1v) is 11.0. The van der Waals surface area contributed by atoms with Crippen molar-refractivity contribution < 1.29 is 4.42 Å². The second-order valence-corrected chi connectivity index (χ2v) is 8.35. The van der Waals surface area contributed by atoms with Gasteiger partial charge in [-0.3, -0.25) is 0 Å². The Morgan fingerprint density at radius 2 is 0.969 bits per heavy atom. The van der Waals surface area contributed by atoms with Gasteiger partial charge in [0.1, 0.15) is 11.2 Å².